The number of nitrogens with one attached hydrogen (secondary N) is 1. The number of halogens is 1. The summed E-state index contributed by atoms with van der Waals surface area (Å²) in [6.07, 6.45) is 4.00. The Morgan fingerprint density at radius 3 is 2.50 bits per heavy atom. The van der Waals surface area contributed by atoms with Crippen molar-refractivity contribution in [2.24, 2.45) is 0 Å². The molecule has 0 atom stereocenters. The molecule has 1 amide bonds. The molecule has 0 spiro atoms. The van der Waals surface area contributed by atoms with Crippen molar-refractivity contribution in [1.29, 1.82) is 0 Å². The second-order valence-corrected chi connectivity index (χ2v) is 10.6. The van der Waals surface area contributed by atoms with Gasteiger partial charge in [0.2, 0.25) is 10.0 Å². The number of rotatable bonds is 8. The van der Waals surface area contributed by atoms with Gasteiger partial charge in [0.05, 0.1) is 4.90 Å². The van der Waals surface area contributed by atoms with E-state index in [0.29, 0.717) is 35.6 Å². The molecule has 0 aliphatic rings. The van der Waals surface area contributed by atoms with Crippen LogP contribution in [-0.4, -0.2) is 48.8 Å². The van der Waals surface area contributed by atoms with Crippen LogP contribution in [0.3, 0.4) is 0 Å². The molecule has 0 unspecified atom stereocenters. The smallest absolute Gasteiger partial charge is 0.267 e. The van der Waals surface area contributed by atoms with Crippen molar-refractivity contribution in [1.82, 2.24) is 19.2 Å². The van der Waals surface area contributed by atoms with Crippen LogP contribution in [0.5, 0.6) is 0 Å². The molecule has 7 nitrogen and oxygen atoms in total. The van der Waals surface area contributed by atoms with Crippen molar-refractivity contribution in [2.75, 3.05) is 20.6 Å². The number of hydrogen-bond acceptors (Lipinski definition) is 4. The molecule has 0 saturated carbocycles. The number of amides is 1. The van der Waals surface area contributed by atoms with Gasteiger partial charge in [-0.05, 0) is 60.0 Å². The molecule has 0 bridgehead atoms. The van der Waals surface area contributed by atoms with E-state index in [1.807, 2.05) is 41.0 Å². The molecule has 0 radical (unpaired) electrons. The predicted octanol–water partition coefficient (Wildman–Crippen LogP) is 3.96. The Labute approximate surface area is 204 Å². The van der Waals surface area contributed by atoms with Crippen LogP contribution in [0.25, 0.3) is 10.9 Å². The second kappa shape index (κ2) is 9.97. The minimum atomic E-state index is -3.60. The minimum absolute atomic E-state index is 0.178. The van der Waals surface area contributed by atoms with Gasteiger partial charge in [-0.2, -0.15) is 0 Å². The van der Waals surface area contributed by atoms with Crippen molar-refractivity contribution < 1.29 is 13.2 Å². The van der Waals surface area contributed by atoms with Crippen molar-refractivity contribution in [3.8, 4) is 0 Å². The molecule has 0 aliphatic carbocycles. The fourth-order valence-corrected chi connectivity index (χ4v) is 4.92. The van der Waals surface area contributed by atoms with E-state index in [1.165, 1.54) is 18.4 Å². The zero-order chi connectivity index (χ0) is 24.3. The van der Waals surface area contributed by atoms with Gasteiger partial charge in [-0.3, -0.25) is 9.78 Å². The molecule has 34 heavy (non-hydrogen) atoms. The van der Waals surface area contributed by atoms with E-state index >= 15 is 0 Å². The van der Waals surface area contributed by atoms with Crippen LogP contribution < -0.4 is 5.32 Å². The molecule has 0 saturated heterocycles. The van der Waals surface area contributed by atoms with Gasteiger partial charge in [-0.1, -0.05) is 29.8 Å². The minimum Gasteiger partial charge on any atom is -0.350 e. The lowest BCUT2D eigenvalue weighted by atomic mass is 10.1. The lowest BCUT2D eigenvalue weighted by molar-refractivity contribution is 0.0945. The van der Waals surface area contributed by atoms with Crippen LogP contribution >= 0.6 is 11.6 Å². The topological polar surface area (TPSA) is 84.3 Å². The second-order valence-electron chi connectivity index (χ2n) is 8.08. The van der Waals surface area contributed by atoms with Crippen LogP contribution in [0.4, 0.5) is 0 Å². The maximum Gasteiger partial charge on any atom is 0.267 e. The maximum absolute atomic E-state index is 13.2. The van der Waals surface area contributed by atoms with Gasteiger partial charge in [0, 0.05) is 55.5 Å². The molecule has 2 heterocycles. The number of benzene rings is 2. The number of carbonyl (C=O) groups excluding carboxylic acids is 1. The van der Waals surface area contributed by atoms with E-state index < -0.39 is 10.0 Å². The lowest BCUT2D eigenvalue weighted by Crippen LogP contribution is -2.28. The number of sulfonamides is 1. The summed E-state index contributed by atoms with van der Waals surface area (Å²) < 4.78 is 28.3. The average Bonchev–Trinajstić information content (AvgIpc) is 3.18. The first-order valence-electron chi connectivity index (χ1n) is 10.7. The van der Waals surface area contributed by atoms with E-state index in [2.05, 4.69) is 10.3 Å². The Balaban J connectivity index is 1.67. The van der Waals surface area contributed by atoms with Gasteiger partial charge in [0.15, 0.2) is 0 Å². The fraction of sp³-hybridized carbons (Fsp3) is 0.200. The fourth-order valence-electron chi connectivity index (χ4n) is 3.75. The van der Waals surface area contributed by atoms with Crippen molar-refractivity contribution in [2.45, 2.75) is 17.9 Å². The summed E-state index contributed by atoms with van der Waals surface area (Å²) in [5, 5.41) is 4.31. The highest BCUT2D eigenvalue weighted by molar-refractivity contribution is 7.89. The highest BCUT2D eigenvalue weighted by Crippen LogP contribution is 2.26. The Bertz CT molecular complexity index is 1430. The van der Waals surface area contributed by atoms with Crippen molar-refractivity contribution in [3.05, 3.63) is 94.9 Å². The highest BCUT2D eigenvalue weighted by Gasteiger charge is 2.21. The molecule has 2 aromatic carbocycles. The van der Waals surface area contributed by atoms with Crippen LogP contribution in [0.1, 0.15) is 21.6 Å². The third kappa shape index (κ3) is 4.99. The highest BCUT2D eigenvalue weighted by atomic mass is 35.5. The third-order valence-corrected chi connectivity index (χ3v) is 7.79. The van der Waals surface area contributed by atoms with E-state index in [-0.39, 0.29) is 10.8 Å². The molecule has 1 N–H and O–H groups in total. The number of pyridine rings is 1. The zero-order valence-corrected chi connectivity index (χ0v) is 20.5. The van der Waals surface area contributed by atoms with Crippen molar-refractivity contribution in [3.63, 3.8) is 0 Å². The molecule has 176 valence electrons. The number of carbonyl (C=O) groups is 1. The summed E-state index contributed by atoms with van der Waals surface area (Å²) in [5.74, 6) is -0.241. The van der Waals surface area contributed by atoms with Crippen LogP contribution in [0, 0.1) is 0 Å². The SMILES string of the molecule is CN(C)S(=O)(=O)c1ccc2c(c1)cc(C(=O)NCCc1ccccc1Cl)n2Cc1ccncc1. The molecule has 0 fully saturated rings. The van der Waals surface area contributed by atoms with E-state index in [9.17, 15) is 13.2 Å². The van der Waals surface area contributed by atoms with E-state index in [1.54, 1.807) is 36.7 Å². The summed E-state index contributed by atoms with van der Waals surface area (Å²) in [6.45, 7) is 0.860. The Morgan fingerprint density at radius 2 is 1.79 bits per heavy atom. The first-order chi connectivity index (χ1) is 16.3. The number of hydrogen-bond donors (Lipinski definition) is 1. The lowest BCUT2D eigenvalue weighted by Gasteiger charge is -2.13. The van der Waals surface area contributed by atoms with Gasteiger partial charge in [0.1, 0.15) is 5.69 Å². The molecule has 0 aliphatic heterocycles. The third-order valence-electron chi connectivity index (χ3n) is 5.61. The average molecular weight is 497 g/mol. The molecule has 9 heteroatoms. The normalized spacial score (nSPS) is 11.8. The van der Waals surface area contributed by atoms with Crippen LogP contribution in [0.2, 0.25) is 5.02 Å². The predicted molar refractivity (Wildman–Crippen MR) is 134 cm³/mol. The van der Waals surface area contributed by atoms with E-state index in [0.717, 1.165) is 16.6 Å². The standard InChI is InChI=1S/C25H25ClN4O3S/c1-29(2)34(32,33)21-7-8-23-20(15-21)16-24(30(23)17-18-9-12-27-13-10-18)25(31)28-14-11-19-5-3-4-6-22(19)26/h3-10,12-13,15-16H,11,14,17H2,1-2H3,(H,28,31). The quantitative estimate of drug-likeness (QED) is 0.400. The number of aromatic nitrogens is 2. The largest absolute Gasteiger partial charge is 0.350 e. The summed E-state index contributed by atoms with van der Waals surface area (Å²) in [5.41, 5.74) is 3.15. The van der Waals surface area contributed by atoms with Crippen LogP contribution in [-0.2, 0) is 23.0 Å². The molecule has 2 aromatic heterocycles. The number of fused-ring (bicyclic) bond motifs is 1. The van der Waals surface area contributed by atoms with Gasteiger partial charge < -0.3 is 9.88 Å². The van der Waals surface area contributed by atoms with Gasteiger partial charge in [0.25, 0.3) is 5.91 Å². The van der Waals surface area contributed by atoms with Crippen LogP contribution in [0.15, 0.2) is 78.0 Å². The van der Waals surface area contributed by atoms with Crippen molar-refractivity contribution >= 4 is 38.4 Å². The van der Waals surface area contributed by atoms with E-state index in [4.69, 9.17) is 11.6 Å². The Morgan fingerprint density at radius 1 is 1.06 bits per heavy atom. The Hall–Kier alpha value is -3.20. The molecular formula is C25H25ClN4O3S. The maximum atomic E-state index is 13.2. The molecule has 4 rings (SSSR count). The molecule has 4 aromatic rings. The van der Waals surface area contributed by atoms with Gasteiger partial charge >= 0.3 is 0 Å². The van der Waals surface area contributed by atoms with Gasteiger partial charge in [-0.25, -0.2) is 12.7 Å². The zero-order valence-electron chi connectivity index (χ0n) is 18.9. The number of nitrogens with zero attached hydrogens (tertiary/aromatic N) is 3. The summed E-state index contributed by atoms with van der Waals surface area (Å²) >= 11 is 6.22. The first-order valence-corrected chi connectivity index (χ1v) is 12.6. The molecular weight excluding hydrogens is 472 g/mol. The summed E-state index contributed by atoms with van der Waals surface area (Å²) in [7, 11) is -0.613. The monoisotopic (exact) mass is 496 g/mol. The first kappa shape index (κ1) is 23.9. The summed E-state index contributed by atoms with van der Waals surface area (Å²) in [6, 6.07) is 18.0. The Kier molecular flexibility index (Phi) is 7.02. The van der Waals surface area contributed by atoms with Gasteiger partial charge in [-0.15, -0.1) is 0 Å². The summed E-state index contributed by atoms with van der Waals surface area (Å²) in [4.78, 5) is 17.4.